The topological polar surface area (TPSA) is 87.7 Å². The first-order chi connectivity index (χ1) is 14.0. The van der Waals surface area contributed by atoms with Crippen molar-refractivity contribution in [3.63, 3.8) is 0 Å². The normalized spacial score (nSPS) is 20.8. The molecule has 0 aliphatic carbocycles. The van der Waals surface area contributed by atoms with Crippen LogP contribution in [0.3, 0.4) is 0 Å². The summed E-state index contributed by atoms with van der Waals surface area (Å²) in [7, 11) is 0. The van der Waals surface area contributed by atoms with Crippen LogP contribution in [0.4, 0.5) is 4.39 Å². The molecular weight excluding hydrogens is 375 g/mol. The Morgan fingerprint density at radius 2 is 1.86 bits per heavy atom. The minimum atomic E-state index is -0.704. The molecule has 0 saturated heterocycles. The van der Waals surface area contributed by atoms with E-state index in [1.807, 2.05) is 30.3 Å². The van der Waals surface area contributed by atoms with Gasteiger partial charge in [-0.05, 0) is 23.8 Å². The molecule has 2 aromatic carbocycles. The van der Waals surface area contributed by atoms with Gasteiger partial charge in [-0.1, -0.05) is 48.6 Å². The molecule has 2 aromatic rings. The van der Waals surface area contributed by atoms with Gasteiger partial charge in [0.1, 0.15) is 11.9 Å². The second-order valence-corrected chi connectivity index (χ2v) is 6.76. The van der Waals surface area contributed by atoms with Gasteiger partial charge in [0, 0.05) is 12.1 Å². The third-order valence-corrected chi connectivity index (χ3v) is 4.57. The van der Waals surface area contributed by atoms with E-state index in [9.17, 15) is 19.1 Å². The van der Waals surface area contributed by atoms with Crippen molar-refractivity contribution in [2.24, 2.45) is 0 Å². The molecule has 0 fully saturated rings. The second kappa shape index (κ2) is 9.95. The lowest BCUT2D eigenvalue weighted by Gasteiger charge is -2.31. The predicted molar refractivity (Wildman–Crippen MR) is 105 cm³/mol. The number of carbonyl (C=O) groups is 2. The number of hydrogen-bond acceptors (Lipinski definition) is 4. The van der Waals surface area contributed by atoms with E-state index in [1.165, 1.54) is 18.2 Å². The Labute approximate surface area is 168 Å². The molecule has 7 heteroatoms. The monoisotopic (exact) mass is 398 g/mol. The fraction of sp³-hybridized carbons (Fsp3) is 0.273. The van der Waals surface area contributed by atoms with Crippen molar-refractivity contribution in [3.05, 3.63) is 83.7 Å². The molecule has 0 radical (unpaired) electrons. The van der Waals surface area contributed by atoms with E-state index in [1.54, 1.807) is 12.2 Å². The van der Waals surface area contributed by atoms with Crippen molar-refractivity contribution >= 4 is 11.8 Å². The number of rotatable bonds is 7. The molecule has 0 spiro atoms. The maximum atomic E-state index is 13.3. The van der Waals surface area contributed by atoms with Crippen LogP contribution in [-0.2, 0) is 16.1 Å². The van der Waals surface area contributed by atoms with Gasteiger partial charge in [-0.25, -0.2) is 4.39 Å². The van der Waals surface area contributed by atoms with Crippen LogP contribution in [0.5, 0.6) is 0 Å². The number of amides is 2. The largest absolute Gasteiger partial charge is 0.394 e. The zero-order chi connectivity index (χ0) is 20.6. The number of benzene rings is 2. The second-order valence-electron chi connectivity index (χ2n) is 6.76. The summed E-state index contributed by atoms with van der Waals surface area (Å²) in [5.74, 6) is -1.16. The molecular formula is C22H23FN2O4. The molecule has 3 rings (SSSR count). The highest BCUT2D eigenvalue weighted by molar-refractivity contribution is 5.94. The van der Waals surface area contributed by atoms with Gasteiger partial charge in [-0.15, -0.1) is 0 Å². The maximum absolute atomic E-state index is 13.3. The highest BCUT2D eigenvalue weighted by atomic mass is 19.1. The summed E-state index contributed by atoms with van der Waals surface area (Å²) in [5, 5.41) is 15.2. The van der Waals surface area contributed by atoms with E-state index in [0.717, 1.165) is 11.6 Å². The number of halogens is 1. The summed E-state index contributed by atoms with van der Waals surface area (Å²) in [6.45, 7) is 0.0897. The molecule has 0 bridgehead atoms. The van der Waals surface area contributed by atoms with Crippen LogP contribution >= 0.6 is 0 Å². The quantitative estimate of drug-likeness (QED) is 0.622. The molecule has 2 amide bonds. The number of ether oxygens (including phenoxy) is 1. The van der Waals surface area contributed by atoms with Crippen LogP contribution in [0.15, 0.2) is 66.7 Å². The maximum Gasteiger partial charge on any atom is 0.251 e. The molecule has 1 aliphatic rings. The van der Waals surface area contributed by atoms with E-state index in [0.29, 0.717) is 6.54 Å². The molecule has 0 unspecified atom stereocenters. The molecule has 29 heavy (non-hydrogen) atoms. The molecule has 1 aliphatic heterocycles. The van der Waals surface area contributed by atoms with Gasteiger partial charge < -0.3 is 20.5 Å². The van der Waals surface area contributed by atoms with Crippen LogP contribution < -0.4 is 10.6 Å². The predicted octanol–water partition coefficient (Wildman–Crippen LogP) is 1.95. The molecule has 1 heterocycles. The fourth-order valence-electron chi connectivity index (χ4n) is 3.05. The minimum Gasteiger partial charge on any atom is -0.394 e. The van der Waals surface area contributed by atoms with Crippen LogP contribution in [0.2, 0.25) is 0 Å². The zero-order valence-corrected chi connectivity index (χ0v) is 15.8. The Morgan fingerprint density at radius 1 is 1.07 bits per heavy atom. The third kappa shape index (κ3) is 5.97. The van der Waals surface area contributed by atoms with Crippen molar-refractivity contribution in [1.82, 2.24) is 10.6 Å². The molecule has 152 valence electrons. The van der Waals surface area contributed by atoms with Gasteiger partial charge in [0.15, 0.2) is 0 Å². The highest BCUT2D eigenvalue weighted by Crippen LogP contribution is 2.16. The molecule has 6 nitrogen and oxygen atoms in total. The molecule has 3 N–H and O–H groups in total. The van der Waals surface area contributed by atoms with Crippen LogP contribution in [0.25, 0.3) is 0 Å². The lowest BCUT2D eigenvalue weighted by molar-refractivity contribution is -0.125. The van der Waals surface area contributed by atoms with Crippen molar-refractivity contribution in [3.8, 4) is 0 Å². The van der Waals surface area contributed by atoms with E-state index in [2.05, 4.69) is 10.6 Å². The Bertz CT molecular complexity index is 872. The first-order valence-corrected chi connectivity index (χ1v) is 9.37. The van der Waals surface area contributed by atoms with Gasteiger partial charge >= 0.3 is 0 Å². The van der Waals surface area contributed by atoms with Crippen LogP contribution in [0, 0.1) is 5.82 Å². The lowest BCUT2D eigenvalue weighted by atomic mass is 10.0. The summed E-state index contributed by atoms with van der Waals surface area (Å²) in [6.07, 6.45) is 2.26. The van der Waals surface area contributed by atoms with Gasteiger partial charge in [0.2, 0.25) is 5.91 Å². The minimum absolute atomic E-state index is 0.102. The van der Waals surface area contributed by atoms with E-state index < -0.39 is 30.0 Å². The van der Waals surface area contributed by atoms with Crippen LogP contribution in [-0.4, -0.2) is 41.8 Å². The molecule has 0 aromatic heterocycles. The number of carbonyl (C=O) groups excluding carboxylic acids is 2. The Morgan fingerprint density at radius 3 is 2.59 bits per heavy atom. The van der Waals surface area contributed by atoms with E-state index in [-0.39, 0.29) is 24.5 Å². The third-order valence-electron chi connectivity index (χ3n) is 4.57. The van der Waals surface area contributed by atoms with Crippen LogP contribution in [0.1, 0.15) is 22.3 Å². The molecule has 3 atom stereocenters. The van der Waals surface area contributed by atoms with Gasteiger partial charge in [-0.3, -0.25) is 9.59 Å². The first-order valence-electron chi connectivity index (χ1n) is 9.37. The molecule has 0 saturated carbocycles. The SMILES string of the molecule is O=C(C[C@H]1C=C[C@H](NC(=O)c2cccc(F)c2)[C@H](CO)O1)NCc1ccccc1. The van der Waals surface area contributed by atoms with Gasteiger partial charge in [-0.2, -0.15) is 0 Å². The van der Waals surface area contributed by atoms with Crippen molar-refractivity contribution < 1.29 is 23.8 Å². The number of aliphatic hydroxyl groups excluding tert-OH is 1. The summed E-state index contributed by atoms with van der Waals surface area (Å²) in [4.78, 5) is 24.5. The average Bonchev–Trinajstić information content (AvgIpc) is 2.74. The standard InChI is InChI=1S/C22H23FN2O4/c23-17-8-4-7-16(11-17)22(28)25-19-10-9-18(29-20(19)14-26)12-21(27)24-13-15-5-2-1-3-6-15/h1-11,18-20,26H,12-14H2,(H,24,27)(H,25,28)/t18-,19+,20+/m1/s1. The lowest BCUT2D eigenvalue weighted by Crippen LogP contribution is -2.49. The van der Waals surface area contributed by atoms with Crippen molar-refractivity contribution in [1.29, 1.82) is 0 Å². The first kappa shape index (κ1) is 20.7. The number of nitrogens with one attached hydrogen (secondary N) is 2. The summed E-state index contributed by atoms with van der Waals surface area (Å²) < 4.78 is 19.0. The summed E-state index contributed by atoms with van der Waals surface area (Å²) in [6, 6.07) is 14.3. The Balaban J connectivity index is 1.53. The number of aliphatic hydroxyl groups is 1. The number of hydrogen-bond donors (Lipinski definition) is 3. The smallest absolute Gasteiger partial charge is 0.251 e. The summed E-state index contributed by atoms with van der Waals surface area (Å²) >= 11 is 0. The van der Waals surface area contributed by atoms with E-state index in [4.69, 9.17) is 4.74 Å². The van der Waals surface area contributed by atoms with Crippen molar-refractivity contribution in [2.75, 3.05) is 6.61 Å². The fourth-order valence-corrected chi connectivity index (χ4v) is 3.05. The van der Waals surface area contributed by atoms with Gasteiger partial charge in [0.05, 0.1) is 25.2 Å². The Hall–Kier alpha value is -3.03. The average molecular weight is 398 g/mol. The highest BCUT2D eigenvalue weighted by Gasteiger charge is 2.29. The Kier molecular flexibility index (Phi) is 7.10. The zero-order valence-electron chi connectivity index (χ0n) is 15.8. The summed E-state index contributed by atoms with van der Waals surface area (Å²) in [5.41, 5.74) is 1.17. The van der Waals surface area contributed by atoms with Gasteiger partial charge in [0.25, 0.3) is 5.91 Å². The van der Waals surface area contributed by atoms with Crippen molar-refractivity contribution in [2.45, 2.75) is 31.2 Å². The van der Waals surface area contributed by atoms with E-state index >= 15 is 0 Å².